The lowest BCUT2D eigenvalue weighted by Gasteiger charge is -2.07. The molecule has 0 aliphatic carbocycles. The number of carbonyl (C=O) groups excluding carboxylic acids is 1. The number of benzene rings is 1. The Morgan fingerprint density at radius 1 is 1.30 bits per heavy atom. The number of carbonyl (C=O) groups is 1. The second-order valence-corrected chi connectivity index (χ2v) is 5.01. The van der Waals surface area contributed by atoms with Gasteiger partial charge in [-0.3, -0.25) is 4.79 Å². The number of aliphatic hydroxyl groups is 1. The van der Waals surface area contributed by atoms with Crippen molar-refractivity contribution in [1.29, 1.82) is 0 Å². The summed E-state index contributed by atoms with van der Waals surface area (Å²) in [5.74, 6) is 0.701. The number of halogens is 1. The van der Waals surface area contributed by atoms with E-state index in [1.54, 1.807) is 0 Å². The summed E-state index contributed by atoms with van der Waals surface area (Å²) >= 11 is 3.36. The summed E-state index contributed by atoms with van der Waals surface area (Å²) in [4.78, 5) is 11.5. The predicted molar refractivity (Wildman–Crippen MR) is 79.8 cm³/mol. The van der Waals surface area contributed by atoms with E-state index in [0.717, 1.165) is 16.6 Å². The third-order valence-electron chi connectivity index (χ3n) is 2.42. The van der Waals surface area contributed by atoms with E-state index in [4.69, 9.17) is 14.6 Å². The highest BCUT2D eigenvalue weighted by atomic mass is 79.9. The van der Waals surface area contributed by atoms with Crippen LogP contribution in [0.25, 0.3) is 0 Å². The molecule has 0 radical (unpaired) electrons. The summed E-state index contributed by atoms with van der Waals surface area (Å²) < 4.78 is 11.5. The van der Waals surface area contributed by atoms with E-state index in [2.05, 4.69) is 21.2 Å². The van der Waals surface area contributed by atoms with Crippen LogP contribution in [0.15, 0.2) is 28.7 Å². The molecule has 1 rings (SSSR count). The van der Waals surface area contributed by atoms with Gasteiger partial charge < -0.3 is 19.9 Å². The molecule has 1 amide bonds. The van der Waals surface area contributed by atoms with Crippen LogP contribution in [0.1, 0.15) is 12.8 Å². The van der Waals surface area contributed by atoms with Gasteiger partial charge in [0.15, 0.2) is 0 Å². The third-order valence-corrected chi connectivity index (χ3v) is 2.91. The average Bonchev–Trinajstić information content (AvgIpc) is 2.43. The second kappa shape index (κ2) is 10.7. The van der Waals surface area contributed by atoms with Crippen molar-refractivity contribution in [1.82, 2.24) is 5.32 Å². The first kappa shape index (κ1) is 16.9. The number of nitrogens with one attached hydrogen (secondary N) is 1. The van der Waals surface area contributed by atoms with Crippen LogP contribution in [0.3, 0.4) is 0 Å². The van der Waals surface area contributed by atoms with E-state index >= 15 is 0 Å². The zero-order chi connectivity index (χ0) is 14.6. The number of hydrogen-bond donors (Lipinski definition) is 2. The van der Waals surface area contributed by atoms with Gasteiger partial charge in [-0.25, -0.2) is 0 Å². The Morgan fingerprint density at radius 3 is 2.90 bits per heavy atom. The molecule has 0 unspecified atom stereocenters. The smallest absolute Gasteiger partial charge is 0.223 e. The van der Waals surface area contributed by atoms with Crippen molar-refractivity contribution < 1.29 is 19.4 Å². The number of ether oxygens (including phenoxy) is 2. The highest BCUT2D eigenvalue weighted by molar-refractivity contribution is 9.10. The molecule has 0 saturated heterocycles. The zero-order valence-electron chi connectivity index (χ0n) is 11.3. The lowest BCUT2D eigenvalue weighted by Crippen LogP contribution is -2.26. The van der Waals surface area contributed by atoms with Crippen LogP contribution in [-0.2, 0) is 9.53 Å². The van der Waals surface area contributed by atoms with Gasteiger partial charge in [0.05, 0.1) is 26.2 Å². The summed E-state index contributed by atoms with van der Waals surface area (Å²) in [6, 6.07) is 7.50. The van der Waals surface area contributed by atoms with Crippen LogP contribution in [0.4, 0.5) is 0 Å². The molecule has 1 aromatic rings. The third kappa shape index (κ3) is 8.14. The monoisotopic (exact) mass is 345 g/mol. The Labute approximate surface area is 127 Å². The summed E-state index contributed by atoms with van der Waals surface area (Å²) in [5, 5.41) is 11.3. The first-order valence-corrected chi connectivity index (χ1v) is 7.35. The van der Waals surface area contributed by atoms with E-state index in [9.17, 15) is 4.79 Å². The molecule has 112 valence electrons. The Kier molecular flexibility index (Phi) is 9.02. The lowest BCUT2D eigenvalue weighted by molar-refractivity contribution is -0.121. The van der Waals surface area contributed by atoms with Crippen molar-refractivity contribution in [3.63, 3.8) is 0 Å². The second-order valence-electron chi connectivity index (χ2n) is 4.10. The fraction of sp³-hybridized carbons (Fsp3) is 0.500. The molecule has 6 heteroatoms. The van der Waals surface area contributed by atoms with Crippen LogP contribution in [0.2, 0.25) is 0 Å². The maximum atomic E-state index is 11.5. The van der Waals surface area contributed by atoms with Gasteiger partial charge in [-0.1, -0.05) is 22.0 Å². The molecule has 0 atom stereocenters. The van der Waals surface area contributed by atoms with Gasteiger partial charge in [-0.05, 0) is 24.6 Å². The Balaban J connectivity index is 2.03. The van der Waals surface area contributed by atoms with Crippen molar-refractivity contribution in [2.24, 2.45) is 0 Å². The van der Waals surface area contributed by atoms with Gasteiger partial charge in [0.1, 0.15) is 5.75 Å². The van der Waals surface area contributed by atoms with E-state index in [-0.39, 0.29) is 12.5 Å². The number of hydrogen-bond acceptors (Lipinski definition) is 4. The maximum absolute atomic E-state index is 11.5. The van der Waals surface area contributed by atoms with Crippen molar-refractivity contribution in [3.8, 4) is 5.75 Å². The van der Waals surface area contributed by atoms with Crippen LogP contribution >= 0.6 is 15.9 Å². The number of aliphatic hydroxyl groups excluding tert-OH is 1. The minimum absolute atomic E-state index is 0.0271. The van der Waals surface area contributed by atoms with E-state index in [0.29, 0.717) is 32.8 Å². The quantitative estimate of drug-likeness (QED) is 0.634. The molecular weight excluding hydrogens is 326 g/mol. The average molecular weight is 346 g/mol. The van der Waals surface area contributed by atoms with Crippen LogP contribution < -0.4 is 10.1 Å². The molecule has 2 N–H and O–H groups in total. The molecule has 0 aromatic heterocycles. The SMILES string of the molecule is O=C(CCOc1cccc(Br)c1)NCCCOCCO. The summed E-state index contributed by atoms with van der Waals surface area (Å²) in [7, 11) is 0. The van der Waals surface area contributed by atoms with E-state index < -0.39 is 0 Å². The minimum atomic E-state index is -0.0397. The van der Waals surface area contributed by atoms with Gasteiger partial charge in [-0.15, -0.1) is 0 Å². The predicted octanol–water partition coefficient (Wildman–Crippen LogP) is 1.73. The molecule has 1 aromatic carbocycles. The Bertz CT molecular complexity index is 401. The normalized spacial score (nSPS) is 10.3. The van der Waals surface area contributed by atoms with Crippen molar-refractivity contribution in [2.45, 2.75) is 12.8 Å². The van der Waals surface area contributed by atoms with Gasteiger partial charge in [-0.2, -0.15) is 0 Å². The van der Waals surface area contributed by atoms with Gasteiger partial charge in [0.25, 0.3) is 0 Å². The van der Waals surface area contributed by atoms with Crippen molar-refractivity contribution >= 4 is 21.8 Å². The number of rotatable bonds is 10. The molecule has 0 aliphatic rings. The molecule has 0 bridgehead atoms. The number of amides is 1. The highest BCUT2D eigenvalue weighted by Gasteiger charge is 2.01. The molecule has 5 nitrogen and oxygen atoms in total. The first-order chi connectivity index (χ1) is 9.72. The Hall–Kier alpha value is -1.11. The van der Waals surface area contributed by atoms with Crippen LogP contribution in [0, 0.1) is 0 Å². The molecule has 0 aliphatic heterocycles. The zero-order valence-corrected chi connectivity index (χ0v) is 12.9. The lowest BCUT2D eigenvalue weighted by atomic mass is 10.3. The Morgan fingerprint density at radius 2 is 2.15 bits per heavy atom. The maximum Gasteiger partial charge on any atom is 0.223 e. The first-order valence-electron chi connectivity index (χ1n) is 6.56. The van der Waals surface area contributed by atoms with Crippen LogP contribution in [-0.4, -0.2) is 44.0 Å². The molecule has 0 saturated carbocycles. The van der Waals surface area contributed by atoms with Crippen molar-refractivity contribution in [2.75, 3.05) is 33.0 Å². The van der Waals surface area contributed by atoms with Gasteiger partial charge in [0.2, 0.25) is 5.91 Å². The fourth-order valence-electron chi connectivity index (χ4n) is 1.48. The largest absolute Gasteiger partial charge is 0.493 e. The molecule has 0 heterocycles. The van der Waals surface area contributed by atoms with Crippen molar-refractivity contribution in [3.05, 3.63) is 28.7 Å². The summed E-state index contributed by atoms with van der Waals surface area (Å²) in [6.07, 6.45) is 1.06. The highest BCUT2D eigenvalue weighted by Crippen LogP contribution is 2.17. The van der Waals surface area contributed by atoms with E-state index in [1.807, 2.05) is 24.3 Å². The standard InChI is InChI=1S/C14H20BrNO4/c15-12-3-1-4-13(11-12)20-9-5-14(18)16-6-2-8-19-10-7-17/h1,3-4,11,17H,2,5-10H2,(H,16,18). The fourth-order valence-corrected chi connectivity index (χ4v) is 1.85. The summed E-state index contributed by atoms with van der Waals surface area (Å²) in [5.41, 5.74) is 0. The van der Waals surface area contributed by atoms with Gasteiger partial charge in [0, 0.05) is 17.6 Å². The van der Waals surface area contributed by atoms with Crippen LogP contribution in [0.5, 0.6) is 5.75 Å². The molecular formula is C14H20BrNO4. The summed E-state index contributed by atoms with van der Waals surface area (Å²) in [6.45, 7) is 1.83. The molecule has 0 fully saturated rings. The topological polar surface area (TPSA) is 67.8 Å². The molecule has 0 spiro atoms. The minimum Gasteiger partial charge on any atom is -0.493 e. The van der Waals surface area contributed by atoms with Gasteiger partial charge >= 0.3 is 0 Å². The van der Waals surface area contributed by atoms with E-state index in [1.165, 1.54) is 0 Å². The molecule has 20 heavy (non-hydrogen) atoms.